The van der Waals surface area contributed by atoms with Crippen LogP contribution in [0.15, 0.2) is 23.4 Å². The van der Waals surface area contributed by atoms with E-state index in [4.69, 9.17) is 10.9 Å². The third kappa shape index (κ3) is 3.63. The van der Waals surface area contributed by atoms with E-state index < -0.39 is 10.0 Å². The van der Waals surface area contributed by atoms with Crippen LogP contribution in [0.1, 0.15) is 20.3 Å². The predicted octanol–water partition coefficient (Wildman–Crippen LogP) is 0.149. The summed E-state index contributed by atoms with van der Waals surface area (Å²) in [7, 11) is -3.75. The topological polar surface area (TPSA) is 109 Å². The molecule has 7 nitrogen and oxygen atoms in total. The van der Waals surface area contributed by atoms with Crippen molar-refractivity contribution in [1.29, 1.82) is 0 Å². The lowest BCUT2D eigenvalue weighted by Crippen LogP contribution is -2.38. The van der Waals surface area contributed by atoms with Crippen LogP contribution in [0.25, 0.3) is 0 Å². The number of rotatable bonds is 7. The number of nitrogens with zero attached hydrogens (tertiary/aromatic N) is 2. The minimum Gasteiger partial charge on any atom is -0.396 e. The molecule has 0 bridgehead atoms. The molecule has 0 fully saturated rings. The van der Waals surface area contributed by atoms with Crippen molar-refractivity contribution in [3.8, 4) is 0 Å². The van der Waals surface area contributed by atoms with Gasteiger partial charge in [-0.15, -0.1) is 0 Å². The Morgan fingerprint density at radius 1 is 1.53 bits per heavy atom. The second kappa shape index (κ2) is 6.80. The highest BCUT2D eigenvalue weighted by molar-refractivity contribution is 7.89. The smallest absolute Gasteiger partial charge is 0.262 e. The van der Waals surface area contributed by atoms with Crippen LogP contribution < -0.4 is 11.3 Å². The van der Waals surface area contributed by atoms with Gasteiger partial charge in [-0.25, -0.2) is 13.4 Å². The van der Waals surface area contributed by atoms with Crippen molar-refractivity contribution in [1.82, 2.24) is 9.29 Å². The lowest BCUT2D eigenvalue weighted by atomic mass is 10.3. The standard InChI is InChI=1S/C11H20N4O3S/c1-9(2)15(7-4-8-16)19(17,18)11-10(14-12)5-3-6-13-11/h3,5-6,9,14,16H,4,7-8,12H2,1-2H3. The lowest BCUT2D eigenvalue weighted by Gasteiger charge is -2.25. The van der Waals surface area contributed by atoms with E-state index >= 15 is 0 Å². The number of nitrogen functional groups attached to an aromatic ring is 1. The number of aliphatic hydroxyl groups is 1. The van der Waals surface area contributed by atoms with Crippen molar-refractivity contribution in [3.63, 3.8) is 0 Å². The molecule has 4 N–H and O–H groups in total. The Bertz CT molecular complexity index is 504. The predicted molar refractivity (Wildman–Crippen MR) is 72.8 cm³/mol. The average Bonchev–Trinajstić information content (AvgIpc) is 2.38. The lowest BCUT2D eigenvalue weighted by molar-refractivity contribution is 0.258. The van der Waals surface area contributed by atoms with Gasteiger partial charge in [0.1, 0.15) is 0 Å². The molecule has 0 spiro atoms. The summed E-state index contributed by atoms with van der Waals surface area (Å²) >= 11 is 0. The number of aliphatic hydroxyl groups excluding tert-OH is 1. The van der Waals surface area contributed by atoms with Gasteiger partial charge in [0.15, 0.2) is 5.03 Å². The molecule has 1 aromatic heterocycles. The summed E-state index contributed by atoms with van der Waals surface area (Å²) in [6, 6.07) is 2.91. The number of nitrogens with two attached hydrogens (primary N) is 1. The number of sulfonamides is 1. The summed E-state index contributed by atoms with van der Waals surface area (Å²) in [5.41, 5.74) is 2.58. The summed E-state index contributed by atoms with van der Waals surface area (Å²) < 4.78 is 26.4. The number of hydrazine groups is 1. The highest BCUT2D eigenvalue weighted by atomic mass is 32.2. The van der Waals surface area contributed by atoms with E-state index in [1.165, 1.54) is 10.5 Å². The summed E-state index contributed by atoms with van der Waals surface area (Å²) in [6.45, 7) is 3.71. The first-order valence-corrected chi connectivity index (χ1v) is 7.43. The first-order valence-electron chi connectivity index (χ1n) is 5.99. The van der Waals surface area contributed by atoms with Crippen LogP contribution in [0, 0.1) is 0 Å². The molecule has 0 unspecified atom stereocenters. The van der Waals surface area contributed by atoms with Crippen LogP contribution in [-0.2, 0) is 10.0 Å². The molecule has 1 rings (SSSR count). The first-order chi connectivity index (χ1) is 8.95. The van der Waals surface area contributed by atoms with Crippen molar-refractivity contribution in [3.05, 3.63) is 18.3 Å². The van der Waals surface area contributed by atoms with Crippen molar-refractivity contribution < 1.29 is 13.5 Å². The van der Waals surface area contributed by atoms with E-state index in [1.54, 1.807) is 26.0 Å². The minimum atomic E-state index is -3.75. The monoisotopic (exact) mass is 288 g/mol. The molecule has 0 saturated heterocycles. The van der Waals surface area contributed by atoms with E-state index in [9.17, 15) is 8.42 Å². The molecule has 0 aliphatic rings. The van der Waals surface area contributed by atoms with Crippen LogP contribution in [-0.4, -0.2) is 42.0 Å². The molecule has 1 aromatic rings. The molecule has 0 aromatic carbocycles. The maximum Gasteiger partial charge on any atom is 0.262 e. The van der Waals surface area contributed by atoms with Crippen molar-refractivity contribution in [2.75, 3.05) is 18.6 Å². The van der Waals surface area contributed by atoms with Crippen LogP contribution in [0.3, 0.4) is 0 Å². The average molecular weight is 288 g/mol. The zero-order valence-corrected chi connectivity index (χ0v) is 11.9. The van der Waals surface area contributed by atoms with Crippen LogP contribution >= 0.6 is 0 Å². The number of hydrogen-bond donors (Lipinski definition) is 3. The van der Waals surface area contributed by atoms with Gasteiger partial charge < -0.3 is 10.5 Å². The van der Waals surface area contributed by atoms with Gasteiger partial charge in [-0.05, 0) is 32.4 Å². The SMILES string of the molecule is CC(C)N(CCCO)S(=O)(=O)c1ncccc1NN. The molecule has 0 aliphatic heterocycles. The van der Waals surface area contributed by atoms with Gasteiger partial charge in [0.2, 0.25) is 0 Å². The maximum absolute atomic E-state index is 12.5. The number of pyridine rings is 1. The summed E-state index contributed by atoms with van der Waals surface area (Å²) in [5, 5.41) is 8.76. The molecule has 108 valence electrons. The normalized spacial score (nSPS) is 12.1. The van der Waals surface area contributed by atoms with Crippen LogP contribution in [0.5, 0.6) is 0 Å². The highest BCUT2D eigenvalue weighted by Crippen LogP contribution is 2.23. The molecular formula is C11H20N4O3S. The Morgan fingerprint density at radius 3 is 2.74 bits per heavy atom. The molecule has 0 aliphatic carbocycles. The van der Waals surface area contributed by atoms with Crippen molar-refractivity contribution in [2.45, 2.75) is 31.3 Å². The van der Waals surface area contributed by atoms with Gasteiger partial charge >= 0.3 is 0 Å². The number of nitrogens with one attached hydrogen (secondary N) is 1. The zero-order valence-electron chi connectivity index (χ0n) is 11.1. The minimum absolute atomic E-state index is 0.0665. The quantitative estimate of drug-likeness (QED) is 0.487. The highest BCUT2D eigenvalue weighted by Gasteiger charge is 2.29. The Hall–Kier alpha value is -1.22. The van der Waals surface area contributed by atoms with E-state index in [2.05, 4.69) is 10.4 Å². The fourth-order valence-corrected chi connectivity index (χ4v) is 3.45. The fourth-order valence-electron chi connectivity index (χ4n) is 1.70. The van der Waals surface area contributed by atoms with Gasteiger partial charge in [-0.1, -0.05) is 0 Å². The van der Waals surface area contributed by atoms with Gasteiger partial charge in [-0.2, -0.15) is 4.31 Å². The Morgan fingerprint density at radius 2 is 2.21 bits per heavy atom. The molecule has 0 radical (unpaired) electrons. The molecular weight excluding hydrogens is 268 g/mol. The van der Waals surface area contributed by atoms with Gasteiger partial charge in [-0.3, -0.25) is 5.84 Å². The Kier molecular flexibility index (Phi) is 5.67. The fraction of sp³-hybridized carbons (Fsp3) is 0.545. The largest absolute Gasteiger partial charge is 0.396 e. The molecule has 19 heavy (non-hydrogen) atoms. The van der Waals surface area contributed by atoms with Crippen molar-refractivity contribution >= 4 is 15.7 Å². The van der Waals surface area contributed by atoms with Gasteiger partial charge in [0.25, 0.3) is 10.0 Å². The second-order valence-electron chi connectivity index (χ2n) is 4.29. The first kappa shape index (κ1) is 15.8. The van der Waals surface area contributed by atoms with E-state index in [1.807, 2.05) is 0 Å². The molecule has 8 heteroatoms. The summed E-state index contributed by atoms with van der Waals surface area (Å²) in [6.07, 6.45) is 1.77. The van der Waals surface area contributed by atoms with Crippen molar-refractivity contribution in [2.24, 2.45) is 5.84 Å². The maximum atomic E-state index is 12.5. The van der Waals surface area contributed by atoms with Gasteiger partial charge in [0.05, 0.1) is 5.69 Å². The van der Waals surface area contributed by atoms with E-state index in [-0.39, 0.29) is 29.9 Å². The zero-order chi connectivity index (χ0) is 14.5. The number of aromatic nitrogens is 1. The molecule has 1 heterocycles. The molecule has 0 amide bonds. The summed E-state index contributed by atoms with van der Waals surface area (Å²) in [4.78, 5) is 3.90. The number of anilines is 1. The third-order valence-corrected chi connectivity index (χ3v) is 4.63. The third-order valence-electron chi connectivity index (χ3n) is 2.59. The Balaban J connectivity index is 3.19. The number of hydrogen-bond acceptors (Lipinski definition) is 6. The van der Waals surface area contributed by atoms with Crippen LogP contribution in [0.2, 0.25) is 0 Å². The molecule has 0 atom stereocenters. The molecule has 0 saturated carbocycles. The summed E-state index contributed by atoms with van der Waals surface area (Å²) in [5.74, 6) is 5.31. The van der Waals surface area contributed by atoms with E-state index in [0.717, 1.165) is 0 Å². The van der Waals surface area contributed by atoms with Gasteiger partial charge in [0, 0.05) is 25.4 Å². The van der Waals surface area contributed by atoms with Crippen LogP contribution in [0.4, 0.5) is 5.69 Å². The van der Waals surface area contributed by atoms with E-state index in [0.29, 0.717) is 6.42 Å². The Labute approximate surface area is 113 Å². The second-order valence-corrected chi connectivity index (χ2v) is 6.09.